The highest BCUT2D eigenvalue weighted by Gasteiger charge is 2.59. The molecule has 3 nitrogen and oxygen atoms in total. The van der Waals surface area contributed by atoms with Crippen LogP contribution in [0.2, 0.25) is 0 Å². The minimum atomic E-state index is -0.890. The highest BCUT2D eigenvalue weighted by molar-refractivity contribution is 6.19. The molecule has 2 unspecified atom stereocenters. The highest BCUT2D eigenvalue weighted by Crippen LogP contribution is 2.64. The normalized spacial score (nSPS) is 24.8. The first-order valence-electron chi connectivity index (χ1n) is 10.2. The lowest BCUT2D eigenvalue weighted by Crippen LogP contribution is -2.37. The second-order valence-electron chi connectivity index (χ2n) is 8.54. The molecule has 3 aromatic rings. The van der Waals surface area contributed by atoms with Crippen molar-refractivity contribution in [3.8, 4) is 5.75 Å². The molecule has 0 amide bonds. The van der Waals surface area contributed by atoms with Crippen LogP contribution in [0.15, 0.2) is 84.9 Å². The SMILES string of the molecule is CC1(C(=O)c2ccccc2)CC2(C)C(=O)Oc3ccccc3C2=C1c1ccccc1. The van der Waals surface area contributed by atoms with Crippen LogP contribution in [0.25, 0.3) is 11.1 Å². The zero-order valence-electron chi connectivity index (χ0n) is 17.0. The van der Waals surface area contributed by atoms with Crippen molar-refractivity contribution >= 4 is 22.9 Å². The summed E-state index contributed by atoms with van der Waals surface area (Å²) in [5, 5.41) is 0. The zero-order valence-corrected chi connectivity index (χ0v) is 17.0. The van der Waals surface area contributed by atoms with Crippen molar-refractivity contribution in [2.45, 2.75) is 20.3 Å². The molecule has 148 valence electrons. The van der Waals surface area contributed by atoms with Gasteiger partial charge in [0.05, 0.1) is 10.8 Å². The molecule has 0 radical (unpaired) electrons. The number of fused-ring (bicyclic) bond motifs is 3. The Balaban J connectivity index is 1.84. The molecule has 0 N–H and O–H groups in total. The van der Waals surface area contributed by atoms with E-state index in [0.29, 0.717) is 17.7 Å². The van der Waals surface area contributed by atoms with E-state index in [-0.39, 0.29) is 11.8 Å². The number of carbonyl (C=O) groups excluding carboxylic acids is 2. The maximum absolute atomic E-state index is 13.9. The smallest absolute Gasteiger partial charge is 0.321 e. The molecule has 1 aliphatic heterocycles. The Hall–Kier alpha value is -3.46. The van der Waals surface area contributed by atoms with Crippen LogP contribution in [0.1, 0.15) is 41.8 Å². The van der Waals surface area contributed by atoms with E-state index in [9.17, 15) is 9.59 Å². The standard InChI is InChI=1S/C27H22O3/c1-26(24(28)19-13-7-4-8-14-19)17-27(2)23(22(26)18-11-5-3-6-12-18)20-15-9-10-16-21(20)30-25(27)29/h3-16H,17H2,1-2H3. The molecule has 1 aliphatic carbocycles. The average molecular weight is 394 g/mol. The van der Waals surface area contributed by atoms with Crippen LogP contribution in [0.3, 0.4) is 0 Å². The summed E-state index contributed by atoms with van der Waals surface area (Å²) in [5.74, 6) is 0.282. The third-order valence-corrected chi connectivity index (χ3v) is 6.47. The molecule has 5 rings (SSSR count). The molecular weight excluding hydrogens is 372 g/mol. The lowest BCUT2D eigenvalue weighted by atomic mass is 9.71. The minimum absolute atomic E-state index is 0.0235. The average Bonchev–Trinajstić information content (AvgIpc) is 3.04. The van der Waals surface area contributed by atoms with E-state index >= 15 is 0 Å². The topological polar surface area (TPSA) is 43.4 Å². The molecule has 0 spiro atoms. The van der Waals surface area contributed by atoms with Crippen LogP contribution < -0.4 is 4.74 Å². The van der Waals surface area contributed by atoms with Gasteiger partial charge in [0.1, 0.15) is 5.75 Å². The van der Waals surface area contributed by atoms with Crippen molar-refractivity contribution in [2.24, 2.45) is 10.8 Å². The number of para-hydroxylation sites is 1. The van der Waals surface area contributed by atoms with Crippen LogP contribution >= 0.6 is 0 Å². The lowest BCUT2D eigenvalue weighted by molar-refractivity contribution is -0.142. The van der Waals surface area contributed by atoms with Crippen molar-refractivity contribution in [3.63, 3.8) is 0 Å². The first-order chi connectivity index (χ1) is 14.4. The third-order valence-electron chi connectivity index (χ3n) is 6.47. The number of hydrogen-bond donors (Lipinski definition) is 0. The van der Waals surface area contributed by atoms with Crippen molar-refractivity contribution in [1.82, 2.24) is 0 Å². The number of carbonyl (C=O) groups is 2. The van der Waals surface area contributed by atoms with Gasteiger partial charge in [0.2, 0.25) is 0 Å². The van der Waals surface area contributed by atoms with E-state index < -0.39 is 10.8 Å². The Kier molecular flexibility index (Phi) is 4.04. The molecule has 2 atom stereocenters. The molecule has 1 heterocycles. The first kappa shape index (κ1) is 18.6. The number of ketones is 1. The first-order valence-corrected chi connectivity index (χ1v) is 10.2. The molecule has 30 heavy (non-hydrogen) atoms. The van der Waals surface area contributed by atoms with Gasteiger partial charge < -0.3 is 4.74 Å². The number of esters is 1. The Morgan fingerprint density at radius 1 is 0.800 bits per heavy atom. The summed E-state index contributed by atoms with van der Waals surface area (Å²) >= 11 is 0. The number of Topliss-reactive ketones (excluding diaryl/α,β-unsaturated/α-hetero) is 1. The molecule has 0 saturated heterocycles. The van der Waals surface area contributed by atoms with Gasteiger partial charge in [-0.3, -0.25) is 9.59 Å². The van der Waals surface area contributed by atoms with Crippen molar-refractivity contribution in [3.05, 3.63) is 102 Å². The van der Waals surface area contributed by atoms with Crippen LogP contribution in [0.5, 0.6) is 5.75 Å². The van der Waals surface area contributed by atoms with Gasteiger partial charge in [-0.25, -0.2) is 0 Å². The predicted molar refractivity (Wildman–Crippen MR) is 117 cm³/mol. The highest BCUT2D eigenvalue weighted by atomic mass is 16.5. The van der Waals surface area contributed by atoms with Gasteiger partial charge in [0, 0.05) is 11.1 Å². The van der Waals surface area contributed by atoms with Gasteiger partial charge in [-0.05, 0) is 43.0 Å². The summed E-state index contributed by atoms with van der Waals surface area (Å²) in [6, 6.07) is 26.9. The van der Waals surface area contributed by atoms with Gasteiger partial charge in [-0.15, -0.1) is 0 Å². The predicted octanol–water partition coefficient (Wildman–Crippen LogP) is 5.82. The third kappa shape index (κ3) is 2.51. The summed E-state index contributed by atoms with van der Waals surface area (Å²) in [7, 11) is 0. The van der Waals surface area contributed by atoms with E-state index in [0.717, 1.165) is 22.3 Å². The van der Waals surface area contributed by atoms with Crippen molar-refractivity contribution < 1.29 is 14.3 Å². The summed E-state index contributed by atoms with van der Waals surface area (Å²) in [6.07, 6.45) is 0.375. The van der Waals surface area contributed by atoms with E-state index in [1.807, 2.05) is 98.8 Å². The Morgan fingerprint density at radius 2 is 1.40 bits per heavy atom. The maximum atomic E-state index is 13.9. The number of hydrogen-bond acceptors (Lipinski definition) is 3. The molecule has 0 saturated carbocycles. The molecule has 3 aromatic carbocycles. The van der Waals surface area contributed by atoms with Crippen molar-refractivity contribution in [2.75, 3.05) is 0 Å². The molecule has 0 fully saturated rings. The Bertz CT molecular complexity index is 1190. The van der Waals surface area contributed by atoms with E-state index in [1.54, 1.807) is 0 Å². The molecule has 0 aromatic heterocycles. The van der Waals surface area contributed by atoms with Crippen LogP contribution in [-0.4, -0.2) is 11.8 Å². The lowest BCUT2D eigenvalue weighted by Gasteiger charge is -2.33. The fraction of sp³-hybridized carbons (Fsp3) is 0.185. The fourth-order valence-corrected chi connectivity index (χ4v) is 5.19. The maximum Gasteiger partial charge on any atom is 0.321 e. The quantitative estimate of drug-likeness (QED) is 0.320. The zero-order chi connectivity index (χ0) is 20.9. The van der Waals surface area contributed by atoms with E-state index in [2.05, 4.69) is 0 Å². The number of benzene rings is 3. The van der Waals surface area contributed by atoms with E-state index in [4.69, 9.17) is 4.74 Å². The van der Waals surface area contributed by atoms with Crippen LogP contribution in [0.4, 0.5) is 0 Å². The van der Waals surface area contributed by atoms with Crippen LogP contribution in [0, 0.1) is 10.8 Å². The van der Waals surface area contributed by atoms with Crippen molar-refractivity contribution in [1.29, 1.82) is 0 Å². The summed E-state index contributed by atoms with van der Waals surface area (Å²) in [5.41, 5.74) is 2.59. The summed E-state index contributed by atoms with van der Waals surface area (Å²) in [6.45, 7) is 3.88. The van der Waals surface area contributed by atoms with Gasteiger partial charge in [0.25, 0.3) is 0 Å². The second-order valence-corrected chi connectivity index (χ2v) is 8.54. The number of rotatable bonds is 3. The minimum Gasteiger partial charge on any atom is -0.425 e. The van der Waals surface area contributed by atoms with Gasteiger partial charge in [0.15, 0.2) is 5.78 Å². The molecular formula is C27H22O3. The second kappa shape index (κ2) is 6.53. The summed E-state index contributed by atoms with van der Waals surface area (Å²) in [4.78, 5) is 27.1. The van der Waals surface area contributed by atoms with Crippen LogP contribution in [-0.2, 0) is 4.79 Å². The summed E-state index contributed by atoms with van der Waals surface area (Å²) < 4.78 is 5.73. The molecule has 3 heteroatoms. The molecule has 2 aliphatic rings. The monoisotopic (exact) mass is 394 g/mol. The molecule has 0 bridgehead atoms. The fourth-order valence-electron chi connectivity index (χ4n) is 5.19. The van der Waals surface area contributed by atoms with E-state index in [1.165, 1.54) is 0 Å². The van der Waals surface area contributed by atoms with Gasteiger partial charge in [-0.1, -0.05) is 78.9 Å². The Morgan fingerprint density at radius 3 is 2.10 bits per heavy atom. The van der Waals surface area contributed by atoms with Gasteiger partial charge in [-0.2, -0.15) is 0 Å². The number of allylic oxidation sites excluding steroid dienone is 1. The van der Waals surface area contributed by atoms with Gasteiger partial charge >= 0.3 is 5.97 Å². The number of ether oxygens (including phenoxy) is 1. The largest absolute Gasteiger partial charge is 0.425 e. The Labute approximate surface area is 176 Å².